The van der Waals surface area contributed by atoms with Crippen molar-refractivity contribution >= 4 is 0 Å². The van der Waals surface area contributed by atoms with Crippen LogP contribution < -0.4 is 5.32 Å². The molecule has 1 saturated heterocycles. The van der Waals surface area contributed by atoms with Crippen molar-refractivity contribution in [2.75, 3.05) is 13.2 Å². The van der Waals surface area contributed by atoms with Gasteiger partial charge in [0, 0.05) is 24.6 Å². The van der Waals surface area contributed by atoms with E-state index in [-0.39, 0.29) is 5.41 Å². The second kappa shape index (κ2) is 6.36. The van der Waals surface area contributed by atoms with Gasteiger partial charge in [0.2, 0.25) is 0 Å². The van der Waals surface area contributed by atoms with Crippen LogP contribution >= 0.6 is 0 Å². The summed E-state index contributed by atoms with van der Waals surface area (Å²) in [7, 11) is 0. The number of aliphatic hydroxyl groups is 1. The summed E-state index contributed by atoms with van der Waals surface area (Å²) in [5.41, 5.74) is 0.156. The van der Waals surface area contributed by atoms with E-state index in [0.717, 1.165) is 19.4 Å². The predicted octanol–water partition coefficient (Wildman–Crippen LogP) is 2.47. The molecule has 0 spiro atoms. The first-order chi connectivity index (χ1) is 8.63. The van der Waals surface area contributed by atoms with Crippen molar-refractivity contribution in [2.24, 2.45) is 5.41 Å². The molecule has 3 heteroatoms. The zero-order valence-electron chi connectivity index (χ0n) is 12.0. The van der Waals surface area contributed by atoms with Gasteiger partial charge in [0.15, 0.2) is 0 Å². The topological polar surface area (TPSA) is 41.5 Å². The molecule has 2 rings (SSSR count). The maximum Gasteiger partial charge on any atom is 0.0565 e. The number of hydrogen-bond acceptors (Lipinski definition) is 3. The van der Waals surface area contributed by atoms with Crippen LogP contribution in [0.2, 0.25) is 0 Å². The lowest BCUT2D eigenvalue weighted by Crippen LogP contribution is -2.47. The van der Waals surface area contributed by atoms with Crippen molar-refractivity contribution in [2.45, 2.75) is 77.0 Å². The maximum absolute atomic E-state index is 9.71. The molecular formula is C15H29NO2. The molecule has 0 aromatic heterocycles. The highest BCUT2D eigenvalue weighted by molar-refractivity contribution is 4.87. The Morgan fingerprint density at radius 2 is 1.72 bits per heavy atom. The highest BCUT2D eigenvalue weighted by atomic mass is 16.5. The summed E-state index contributed by atoms with van der Waals surface area (Å²) in [5, 5.41) is 13.4. The second-order valence-corrected chi connectivity index (χ2v) is 6.53. The van der Waals surface area contributed by atoms with Gasteiger partial charge in [0.05, 0.1) is 12.2 Å². The molecule has 0 aromatic carbocycles. The van der Waals surface area contributed by atoms with E-state index in [0.29, 0.717) is 24.9 Å². The molecule has 2 atom stereocenters. The van der Waals surface area contributed by atoms with E-state index < -0.39 is 0 Å². The van der Waals surface area contributed by atoms with Gasteiger partial charge < -0.3 is 15.2 Å². The van der Waals surface area contributed by atoms with Gasteiger partial charge >= 0.3 is 0 Å². The molecule has 1 heterocycles. The normalized spacial score (nSPS) is 36.5. The number of nitrogens with one attached hydrogen (secondary N) is 1. The molecule has 0 aromatic rings. The molecule has 2 fully saturated rings. The molecule has 1 saturated carbocycles. The average molecular weight is 255 g/mol. The minimum Gasteiger partial charge on any atom is -0.396 e. The lowest BCUT2D eigenvalue weighted by molar-refractivity contribution is -0.0449. The number of rotatable bonds is 4. The molecule has 2 unspecified atom stereocenters. The number of aliphatic hydroxyl groups excluding tert-OH is 1. The van der Waals surface area contributed by atoms with Gasteiger partial charge in [0.1, 0.15) is 0 Å². The van der Waals surface area contributed by atoms with Gasteiger partial charge in [-0.15, -0.1) is 0 Å². The van der Waals surface area contributed by atoms with Crippen LogP contribution in [-0.4, -0.2) is 36.5 Å². The van der Waals surface area contributed by atoms with E-state index in [9.17, 15) is 5.11 Å². The van der Waals surface area contributed by atoms with E-state index in [2.05, 4.69) is 19.2 Å². The monoisotopic (exact) mass is 255 g/mol. The smallest absolute Gasteiger partial charge is 0.0565 e. The first kappa shape index (κ1) is 14.3. The fourth-order valence-corrected chi connectivity index (χ4v) is 3.63. The average Bonchev–Trinajstić information content (AvgIpc) is 2.36. The van der Waals surface area contributed by atoms with Gasteiger partial charge in [-0.25, -0.2) is 0 Å². The Morgan fingerprint density at radius 1 is 1.11 bits per heavy atom. The third-order valence-electron chi connectivity index (χ3n) is 4.71. The molecule has 1 aliphatic carbocycles. The zero-order valence-corrected chi connectivity index (χ0v) is 12.0. The lowest BCUT2D eigenvalue weighted by atomic mass is 9.74. The second-order valence-electron chi connectivity index (χ2n) is 6.53. The van der Waals surface area contributed by atoms with Crippen molar-refractivity contribution in [1.29, 1.82) is 0 Å². The SMILES string of the molecule is CC1CC(NCC2(CO)CCCCC2)CC(C)O1. The van der Waals surface area contributed by atoms with E-state index in [1.165, 1.54) is 32.1 Å². The highest BCUT2D eigenvalue weighted by Gasteiger charge is 2.33. The van der Waals surface area contributed by atoms with Gasteiger partial charge in [-0.1, -0.05) is 19.3 Å². The first-order valence-electron chi connectivity index (χ1n) is 7.63. The summed E-state index contributed by atoms with van der Waals surface area (Å²) in [6.07, 6.45) is 9.21. The summed E-state index contributed by atoms with van der Waals surface area (Å²) >= 11 is 0. The van der Waals surface area contributed by atoms with Crippen molar-refractivity contribution in [3.63, 3.8) is 0 Å². The van der Waals surface area contributed by atoms with Crippen LogP contribution in [-0.2, 0) is 4.74 Å². The van der Waals surface area contributed by atoms with Crippen LogP contribution in [0.25, 0.3) is 0 Å². The first-order valence-corrected chi connectivity index (χ1v) is 7.63. The molecular weight excluding hydrogens is 226 g/mol. The minimum atomic E-state index is 0.156. The Balaban J connectivity index is 1.82. The molecule has 1 aliphatic heterocycles. The number of hydrogen-bond donors (Lipinski definition) is 2. The maximum atomic E-state index is 9.71. The molecule has 2 N–H and O–H groups in total. The molecule has 0 bridgehead atoms. The summed E-state index contributed by atoms with van der Waals surface area (Å²) in [4.78, 5) is 0. The van der Waals surface area contributed by atoms with Crippen LogP contribution in [0.1, 0.15) is 58.8 Å². The standard InChI is InChI=1S/C15H29NO2/c1-12-8-14(9-13(2)18-12)16-10-15(11-17)6-4-3-5-7-15/h12-14,16-17H,3-11H2,1-2H3. The van der Waals surface area contributed by atoms with Gasteiger partial charge in [-0.05, 0) is 39.5 Å². The Hall–Kier alpha value is -0.120. The van der Waals surface area contributed by atoms with Gasteiger partial charge in [-0.3, -0.25) is 0 Å². The van der Waals surface area contributed by atoms with Crippen LogP contribution in [0.5, 0.6) is 0 Å². The fourth-order valence-electron chi connectivity index (χ4n) is 3.63. The van der Waals surface area contributed by atoms with Crippen molar-refractivity contribution in [3.8, 4) is 0 Å². The van der Waals surface area contributed by atoms with E-state index in [1.807, 2.05) is 0 Å². The Labute approximate surface area is 111 Å². The number of ether oxygens (including phenoxy) is 1. The van der Waals surface area contributed by atoms with Crippen LogP contribution in [0, 0.1) is 5.41 Å². The van der Waals surface area contributed by atoms with Crippen molar-refractivity contribution < 1.29 is 9.84 Å². The van der Waals surface area contributed by atoms with E-state index in [4.69, 9.17) is 4.74 Å². The van der Waals surface area contributed by atoms with Crippen LogP contribution in [0.3, 0.4) is 0 Å². The summed E-state index contributed by atoms with van der Waals surface area (Å²) in [5.74, 6) is 0. The van der Waals surface area contributed by atoms with Gasteiger partial charge in [-0.2, -0.15) is 0 Å². The Morgan fingerprint density at radius 3 is 2.28 bits per heavy atom. The predicted molar refractivity (Wildman–Crippen MR) is 73.6 cm³/mol. The Bertz CT molecular complexity index is 241. The minimum absolute atomic E-state index is 0.156. The molecule has 18 heavy (non-hydrogen) atoms. The summed E-state index contributed by atoms with van der Waals surface area (Å²) < 4.78 is 5.77. The molecule has 0 amide bonds. The largest absolute Gasteiger partial charge is 0.396 e. The van der Waals surface area contributed by atoms with Crippen molar-refractivity contribution in [3.05, 3.63) is 0 Å². The zero-order chi connectivity index (χ0) is 13.0. The molecule has 0 radical (unpaired) electrons. The van der Waals surface area contributed by atoms with Gasteiger partial charge in [0.25, 0.3) is 0 Å². The lowest BCUT2D eigenvalue weighted by Gasteiger charge is -2.39. The molecule has 3 nitrogen and oxygen atoms in total. The van der Waals surface area contributed by atoms with E-state index >= 15 is 0 Å². The molecule has 106 valence electrons. The fraction of sp³-hybridized carbons (Fsp3) is 1.00. The summed E-state index contributed by atoms with van der Waals surface area (Å²) in [6, 6.07) is 0.564. The third kappa shape index (κ3) is 3.69. The third-order valence-corrected chi connectivity index (χ3v) is 4.71. The quantitative estimate of drug-likeness (QED) is 0.811. The van der Waals surface area contributed by atoms with Crippen LogP contribution in [0.4, 0.5) is 0 Å². The van der Waals surface area contributed by atoms with E-state index in [1.54, 1.807) is 0 Å². The molecule has 2 aliphatic rings. The van der Waals surface area contributed by atoms with Crippen molar-refractivity contribution in [1.82, 2.24) is 5.32 Å². The highest BCUT2D eigenvalue weighted by Crippen LogP contribution is 2.35. The van der Waals surface area contributed by atoms with Crippen LogP contribution in [0.15, 0.2) is 0 Å². The Kier molecular flexibility index (Phi) is 5.05. The summed E-state index contributed by atoms with van der Waals surface area (Å²) in [6.45, 7) is 5.64.